The molecule has 0 atom stereocenters. The fourth-order valence-electron chi connectivity index (χ4n) is 1.21. The molecule has 0 bridgehead atoms. The molecular weight excluding hydrogens is 156 g/mol. The highest BCUT2D eigenvalue weighted by Crippen LogP contribution is 2.19. The summed E-state index contributed by atoms with van der Waals surface area (Å²) in [5.41, 5.74) is 1.40. The van der Waals surface area contributed by atoms with Crippen LogP contribution < -0.4 is 5.32 Å². The van der Waals surface area contributed by atoms with E-state index < -0.39 is 0 Å². The molecule has 2 rings (SSSR count). The summed E-state index contributed by atoms with van der Waals surface area (Å²) in [5.74, 6) is 0. The molecule has 1 aromatic heterocycles. The summed E-state index contributed by atoms with van der Waals surface area (Å²) in [6, 6.07) is 2.07. The molecule has 1 aromatic rings. The van der Waals surface area contributed by atoms with Gasteiger partial charge in [-0.1, -0.05) is 6.08 Å². The number of aromatic nitrogens is 1. The Morgan fingerprint density at radius 1 is 1.55 bits per heavy atom. The average Bonchev–Trinajstić information content (AvgIpc) is 2.58. The summed E-state index contributed by atoms with van der Waals surface area (Å²) in [6.45, 7) is 2.12. The van der Waals surface area contributed by atoms with Gasteiger partial charge in [0.25, 0.3) is 0 Å². The van der Waals surface area contributed by atoms with Gasteiger partial charge in [-0.2, -0.15) is 0 Å². The van der Waals surface area contributed by atoms with E-state index in [-0.39, 0.29) is 0 Å². The molecule has 58 valence electrons. The van der Waals surface area contributed by atoms with Crippen molar-refractivity contribution in [2.24, 2.45) is 0 Å². The molecule has 0 saturated heterocycles. The molecular formula is C8H10N2S. The second-order valence-electron chi connectivity index (χ2n) is 2.57. The van der Waals surface area contributed by atoms with Crippen LogP contribution in [0.5, 0.6) is 0 Å². The zero-order valence-corrected chi connectivity index (χ0v) is 7.03. The van der Waals surface area contributed by atoms with E-state index in [1.807, 2.05) is 6.20 Å². The summed E-state index contributed by atoms with van der Waals surface area (Å²) in [7, 11) is 0. The molecule has 0 amide bonds. The van der Waals surface area contributed by atoms with Crippen molar-refractivity contribution >= 4 is 17.1 Å². The molecule has 3 heteroatoms. The normalized spacial score (nSPS) is 18.0. The minimum atomic E-state index is 1.00. The third-order valence-electron chi connectivity index (χ3n) is 1.78. The first-order valence-electron chi connectivity index (χ1n) is 3.77. The van der Waals surface area contributed by atoms with Crippen molar-refractivity contribution in [1.29, 1.82) is 0 Å². The molecule has 1 N–H and O–H groups in total. The monoisotopic (exact) mass is 166 g/mol. The lowest BCUT2D eigenvalue weighted by atomic mass is 10.1. The van der Waals surface area contributed by atoms with E-state index in [2.05, 4.69) is 21.8 Å². The van der Waals surface area contributed by atoms with E-state index in [1.54, 1.807) is 11.5 Å². The van der Waals surface area contributed by atoms with Gasteiger partial charge in [0, 0.05) is 12.7 Å². The predicted molar refractivity (Wildman–Crippen MR) is 47.6 cm³/mol. The van der Waals surface area contributed by atoms with Crippen molar-refractivity contribution in [2.75, 3.05) is 13.1 Å². The van der Waals surface area contributed by atoms with Crippen molar-refractivity contribution < 1.29 is 0 Å². The Morgan fingerprint density at radius 2 is 2.55 bits per heavy atom. The summed E-state index contributed by atoms with van der Waals surface area (Å²) in [6.07, 6.45) is 5.30. The number of nitrogens with zero attached hydrogens (tertiary/aromatic N) is 1. The summed E-state index contributed by atoms with van der Waals surface area (Å²) >= 11 is 1.57. The zero-order chi connectivity index (χ0) is 7.52. The van der Waals surface area contributed by atoms with Gasteiger partial charge < -0.3 is 5.32 Å². The maximum Gasteiger partial charge on any atom is 0.0519 e. The molecule has 11 heavy (non-hydrogen) atoms. The molecule has 0 spiro atoms. The van der Waals surface area contributed by atoms with E-state index >= 15 is 0 Å². The van der Waals surface area contributed by atoms with E-state index in [1.165, 1.54) is 10.5 Å². The SMILES string of the molecule is C1=C(c2ccns2)CNCC1. The molecule has 0 aliphatic carbocycles. The van der Waals surface area contributed by atoms with Crippen LogP contribution in [0.4, 0.5) is 0 Å². The highest BCUT2D eigenvalue weighted by molar-refractivity contribution is 7.07. The quantitative estimate of drug-likeness (QED) is 0.684. The van der Waals surface area contributed by atoms with Gasteiger partial charge in [-0.05, 0) is 36.1 Å². The van der Waals surface area contributed by atoms with E-state index in [0.29, 0.717) is 0 Å². The zero-order valence-electron chi connectivity index (χ0n) is 6.21. The van der Waals surface area contributed by atoms with E-state index in [9.17, 15) is 0 Å². The van der Waals surface area contributed by atoms with Crippen molar-refractivity contribution in [3.05, 3.63) is 23.2 Å². The van der Waals surface area contributed by atoms with Crippen molar-refractivity contribution in [3.8, 4) is 0 Å². The summed E-state index contributed by atoms with van der Waals surface area (Å²) in [5, 5.41) is 3.33. The Hall–Kier alpha value is -0.670. The molecule has 1 aliphatic heterocycles. The first-order valence-corrected chi connectivity index (χ1v) is 4.55. The molecule has 0 saturated carbocycles. The van der Waals surface area contributed by atoms with Crippen LogP contribution in [0.2, 0.25) is 0 Å². The largest absolute Gasteiger partial charge is 0.312 e. The first-order chi connectivity index (χ1) is 5.47. The minimum Gasteiger partial charge on any atom is -0.312 e. The maximum atomic E-state index is 4.07. The Morgan fingerprint density at radius 3 is 3.18 bits per heavy atom. The van der Waals surface area contributed by atoms with Gasteiger partial charge in [-0.15, -0.1) is 0 Å². The fourth-order valence-corrected chi connectivity index (χ4v) is 1.84. The second-order valence-corrected chi connectivity index (χ2v) is 3.40. The molecule has 2 heterocycles. The molecule has 2 nitrogen and oxygen atoms in total. The lowest BCUT2D eigenvalue weighted by Crippen LogP contribution is -2.20. The standard InChI is InChI=1S/C8H10N2S/c1-2-7(6-9-4-1)8-3-5-10-11-8/h2-3,5,9H,1,4,6H2. The Labute approximate surface area is 70.1 Å². The third-order valence-corrected chi connectivity index (χ3v) is 2.60. The van der Waals surface area contributed by atoms with Crippen LogP contribution in [0.3, 0.4) is 0 Å². The van der Waals surface area contributed by atoms with Crippen LogP contribution in [0.1, 0.15) is 11.3 Å². The molecule has 0 radical (unpaired) electrons. The van der Waals surface area contributed by atoms with E-state index in [4.69, 9.17) is 0 Å². The number of hydrogen-bond acceptors (Lipinski definition) is 3. The van der Waals surface area contributed by atoms with Gasteiger partial charge in [0.05, 0.1) is 4.88 Å². The van der Waals surface area contributed by atoms with Crippen LogP contribution in [0, 0.1) is 0 Å². The summed E-state index contributed by atoms with van der Waals surface area (Å²) < 4.78 is 4.07. The van der Waals surface area contributed by atoms with Gasteiger partial charge >= 0.3 is 0 Å². The maximum absolute atomic E-state index is 4.07. The van der Waals surface area contributed by atoms with Crippen molar-refractivity contribution in [2.45, 2.75) is 6.42 Å². The second kappa shape index (κ2) is 3.15. The molecule has 1 aliphatic rings. The van der Waals surface area contributed by atoms with Crippen LogP contribution in [0.15, 0.2) is 18.3 Å². The third kappa shape index (κ3) is 1.49. The molecule has 0 aromatic carbocycles. The average molecular weight is 166 g/mol. The van der Waals surface area contributed by atoms with Crippen molar-refractivity contribution in [3.63, 3.8) is 0 Å². The number of rotatable bonds is 1. The lowest BCUT2D eigenvalue weighted by molar-refractivity contribution is 0.740. The van der Waals surface area contributed by atoms with Crippen LogP contribution >= 0.6 is 11.5 Å². The predicted octanol–water partition coefficient (Wildman–Crippen LogP) is 1.52. The number of hydrogen-bond donors (Lipinski definition) is 1. The van der Waals surface area contributed by atoms with Gasteiger partial charge in [0.2, 0.25) is 0 Å². The van der Waals surface area contributed by atoms with Crippen LogP contribution in [-0.4, -0.2) is 17.5 Å². The lowest BCUT2D eigenvalue weighted by Gasteiger charge is -2.11. The summed E-state index contributed by atoms with van der Waals surface area (Å²) in [4.78, 5) is 1.30. The van der Waals surface area contributed by atoms with Gasteiger partial charge in [-0.25, -0.2) is 4.37 Å². The van der Waals surface area contributed by atoms with E-state index in [0.717, 1.165) is 19.5 Å². The van der Waals surface area contributed by atoms with Crippen LogP contribution in [-0.2, 0) is 0 Å². The molecule has 0 unspecified atom stereocenters. The Kier molecular flexibility index (Phi) is 2.01. The topological polar surface area (TPSA) is 24.9 Å². The highest BCUT2D eigenvalue weighted by atomic mass is 32.1. The minimum absolute atomic E-state index is 1.00. The Bertz CT molecular complexity index is 251. The molecule has 0 fully saturated rings. The highest BCUT2D eigenvalue weighted by Gasteiger charge is 2.05. The van der Waals surface area contributed by atoms with Crippen LogP contribution in [0.25, 0.3) is 5.57 Å². The number of nitrogens with one attached hydrogen (secondary N) is 1. The smallest absolute Gasteiger partial charge is 0.0519 e. The van der Waals surface area contributed by atoms with Gasteiger partial charge in [-0.3, -0.25) is 0 Å². The Balaban J connectivity index is 2.22. The first kappa shape index (κ1) is 7.00. The fraction of sp³-hybridized carbons (Fsp3) is 0.375. The van der Waals surface area contributed by atoms with Gasteiger partial charge in [0.1, 0.15) is 0 Å². The van der Waals surface area contributed by atoms with Gasteiger partial charge in [0.15, 0.2) is 0 Å². The van der Waals surface area contributed by atoms with Crippen molar-refractivity contribution in [1.82, 2.24) is 9.69 Å².